The van der Waals surface area contributed by atoms with Crippen molar-refractivity contribution in [1.29, 1.82) is 0 Å². The van der Waals surface area contributed by atoms with Gasteiger partial charge in [0.15, 0.2) is 0 Å². The average molecular weight is 293 g/mol. The zero-order valence-electron chi connectivity index (χ0n) is 12.3. The van der Waals surface area contributed by atoms with Crippen molar-refractivity contribution in [3.63, 3.8) is 0 Å². The summed E-state index contributed by atoms with van der Waals surface area (Å²) in [6.45, 7) is 3.26. The van der Waals surface area contributed by atoms with Gasteiger partial charge in [-0.3, -0.25) is 0 Å². The standard InChI is InChI=1S/C17H25ClN2/c1-12(19)10-14-11-15(18)7-8-17(14)20-9-3-5-13-4-2-6-16(13)20/h7-8,11-13,16H,2-6,9-10,19H2,1H3. The number of hydrogen-bond donors (Lipinski definition) is 1. The number of nitrogens with two attached hydrogens (primary N) is 1. The van der Waals surface area contributed by atoms with Crippen molar-refractivity contribution in [3.05, 3.63) is 28.8 Å². The Morgan fingerprint density at radius 3 is 2.90 bits per heavy atom. The van der Waals surface area contributed by atoms with Crippen LogP contribution in [0.1, 0.15) is 44.6 Å². The maximum absolute atomic E-state index is 6.19. The van der Waals surface area contributed by atoms with E-state index < -0.39 is 0 Å². The molecule has 2 N–H and O–H groups in total. The van der Waals surface area contributed by atoms with Crippen LogP contribution in [-0.2, 0) is 6.42 Å². The van der Waals surface area contributed by atoms with Crippen LogP contribution in [-0.4, -0.2) is 18.6 Å². The Bertz CT molecular complexity index is 472. The summed E-state index contributed by atoms with van der Waals surface area (Å²) >= 11 is 6.19. The Labute approximate surface area is 127 Å². The van der Waals surface area contributed by atoms with Crippen LogP contribution in [0.2, 0.25) is 5.02 Å². The lowest BCUT2D eigenvalue weighted by Crippen LogP contribution is -2.43. The molecule has 1 aromatic rings. The van der Waals surface area contributed by atoms with E-state index in [2.05, 4.69) is 24.0 Å². The molecule has 0 amide bonds. The third-order valence-electron chi connectivity index (χ3n) is 4.89. The van der Waals surface area contributed by atoms with E-state index >= 15 is 0 Å². The molecule has 20 heavy (non-hydrogen) atoms. The van der Waals surface area contributed by atoms with E-state index in [1.807, 2.05) is 6.07 Å². The fourth-order valence-electron chi connectivity index (χ4n) is 4.10. The Morgan fingerprint density at radius 1 is 1.30 bits per heavy atom. The molecule has 3 heteroatoms. The number of anilines is 1. The van der Waals surface area contributed by atoms with Gasteiger partial charge in [0.25, 0.3) is 0 Å². The summed E-state index contributed by atoms with van der Waals surface area (Å²) in [6, 6.07) is 7.27. The predicted octanol–water partition coefficient (Wildman–Crippen LogP) is 4.00. The monoisotopic (exact) mass is 292 g/mol. The lowest BCUT2D eigenvalue weighted by molar-refractivity contribution is 0.362. The average Bonchev–Trinajstić information content (AvgIpc) is 2.86. The molecule has 1 saturated heterocycles. The van der Waals surface area contributed by atoms with Crippen molar-refractivity contribution in [3.8, 4) is 0 Å². The quantitative estimate of drug-likeness (QED) is 0.912. The highest BCUT2D eigenvalue weighted by molar-refractivity contribution is 6.30. The first-order valence-electron chi connectivity index (χ1n) is 7.96. The Hall–Kier alpha value is -0.730. The molecule has 3 unspecified atom stereocenters. The normalized spacial score (nSPS) is 27.4. The number of benzene rings is 1. The molecule has 2 nitrogen and oxygen atoms in total. The molecule has 1 aromatic carbocycles. The molecule has 1 aliphatic heterocycles. The number of nitrogens with zero attached hydrogens (tertiary/aromatic N) is 1. The second-order valence-electron chi connectivity index (χ2n) is 6.55. The summed E-state index contributed by atoms with van der Waals surface area (Å²) in [5.41, 5.74) is 8.72. The Balaban J connectivity index is 1.91. The number of hydrogen-bond acceptors (Lipinski definition) is 2. The van der Waals surface area contributed by atoms with E-state index in [1.54, 1.807) is 0 Å². The van der Waals surface area contributed by atoms with Gasteiger partial charge in [-0.2, -0.15) is 0 Å². The third kappa shape index (κ3) is 2.82. The van der Waals surface area contributed by atoms with Crippen molar-refractivity contribution in [2.75, 3.05) is 11.4 Å². The number of halogens is 1. The largest absolute Gasteiger partial charge is 0.368 e. The summed E-state index contributed by atoms with van der Waals surface area (Å²) in [4.78, 5) is 2.65. The van der Waals surface area contributed by atoms with Crippen molar-refractivity contribution in [2.24, 2.45) is 11.7 Å². The molecule has 2 fully saturated rings. The highest BCUT2D eigenvalue weighted by Crippen LogP contribution is 2.40. The van der Waals surface area contributed by atoms with Gasteiger partial charge < -0.3 is 10.6 Å². The zero-order valence-corrected chi connectivity index (χ0v) is 13.1. The summed E-state index contributed by atoms with van der Waals surface area (Å²) in [5.74, 6) is 0.905. The second-order valence-corrected chi connectivity index (χ2v) is 6.98. The topological polar surface area (TPSA) is 29.3 Å². The van der Waals surface area contributed by atoms with E-state index in [-0.39, 0.29) is 6.04 Å². The van der Waals surface area contributed by atoms with Gasteiger partial charge in [0.05, 0.1) is 0 Å². The molecular formula is C17H25ClN2. The van der Waals surface area contributed by atoms with Gasteiger partial charge in [-0.25, -0.2) is 0 Å². The smallest absolute Gasteiger partial charge is 0.0410 e. The molecule has 1 heterocycles. The van der Waals surface area contributed by atoms with E-state index in [0.717, 1.165) is 23.4 Å². The first kappa shape index (κ1) is 14.2. The zero-order chi connectivity index (χ0) is 14.1. The van der Waals surface area contributed by atoms with E-state index in [1.165, 1.54) is 49.9 Å². The van der Waals surface area contributed by atoms with E-state index in [4.69, 9.17) is 17.3 Å². The maximum Gasteiger partial charge on any atom is 0.0410 e. The highest BCUT2D eigenvalue weighted by Gasteiger charge is 2.35. The molecule has 1 saturated carbocycles. The number of piperidine rings is 1. The molecule has 1 aliphatic carbocycles. The summed E-state index contributed by atoms with van der Waals surface area (Å²) in [5, 5.41) is 0.824. The molecule has 0 aromatic heterocycles. The molecular weight excluding hydrogens is 268 g/mol. The van der Waals surface area contributed by atoms with Gasteiger partial charge in [-0.1, -0.05) is 18.0 Å². The lowest BCUT2D eigenvalue weighted by atomic mass is 9.90. The van der Waals surface area contributed by atoms with Crippen LogP contribution >= 0.6 is 11.6 Å². The molecule has 3 rings (SSSR count). The maximum atomic E-state index is 6.19. The van der Waals surface area contributed by atoms with Gasteiger partial charge in [0.1, 0.15) is 0 Å². The fourth-order valence-corrected chi connectivity index (χ4v) is 4.29. The first-order valence-corrected chi connectivity index (χ1v) is 8.33. The molecule has 0 radical (unpaired) electrons. The number of fused-ring (bicyclic) bond motifs is 1. The second kappa shape index (κ2) is 5.95. The third-order valence-corrected chi connectivity index (χ3v) is 5.12. The minimum Gasteiger partial charge on any atom is -0.368 e. The Morgan fingerprint density at radius 2 is 2.10 bits per heavy atom. The Kier molecular flexibility index (Phi) is 4.23. The number of rotatable bonds is 3. The van der Waals surface area contributed by atoms with Gasteiger partial charge in [-0.05, 0) is 68.7 Å². The van der Waals surface area contributed by atoms with E-state index in [9.17, 15) is 0 Å². The van der Waals surface area contributed by atoms with Crippen LogP contribution < -0.4 is 10.6 Å². The first-order chi connectivity index (χ1) is 9.65. The van der Waals surface area contributed by atoms with Gasteiger partial charge in [0.2, 0.25) is 0 Å². The van der Waals surface area contributed by atoms with Crippen LogP contribution in [0.4, 0.5) is 5.69 Å². The van der Waals surface area contributed by atoms with Crippen LogP contribution in [0, 0.1) is 5.92 Å². The lowest BCUT2D eigenvalue weighted by Gasteiger charge is -2.40. The molecule has 3 atom stereocenters. The predicted molar refractivity (Wildman–Crippen MR) is 86.5 cm³/mol. The van der Waals surface area contributed by atoms with Crippen LogP contribution in [0.5, 0.6) is 0 Å². The summed E-state index contributed by atoms with van der Waals surface area (Å²) < 4.78 is 0. The van der Waals surface area contributed by atoms with Gasteiger partial charge >= 0.3 is 0 Å². The van der Waals surface area contributed by atoms with Crippen molar-refractivity contribution < 1.29 is 0 Å². The minimum absolute atomic E-state index is 0.177. The van der Waals surface area contributed by atoms with Crippen molar-refractivity contribution >= 4 is 17.3 Å². The molecule has 2 aliphatic rings. The molecule has 0 bridgehead atoms. The van der Waals surface area contributed by atoms with E-state index in [0.29, 0.717) is 0 Å². The summed E-state index contributed by atoms with van der Waals surface area (Å²) in [7, 11) is 0. The van der Waals surface area contributed by atoms with Gasteiger partial charge in [0, 0.05) is 29.3 Å². The van der Waals surface area contributed by atoms with Gasteiger partial charge in [-0.15, -0.1) is 0 Å². The van der Waals surface area contributed by atoms with Crippen LogP contribution in [0.3, 0.4) is 0 Å². The SMILES string of the molecule is CC(N)Cc1cc(Cl)ccc1N1CCCC2CCCC21. The van der Waals surface area contributed by atoms with Crippen molar-refractivity contribution in [1.82, 2.24) is 0 Å². The molecule has 110 valence electrons. The van der Waals surface area contributed by atoms with Crippen LogP contribution in [0.25, 0.3) is 0 Å². The molecule has 0 spiro atoms. The van der Waals surface area contributed by atoms with Crippen molar-refractivity contribution in [2.45, 2.75) is 57.5 Å². The summed E-state index contributed by atoms with van der Waals surface area (Å²) in [6.07, 6.45) is 7.80. The van der Waals surface area contributed by atoms with Crippen LogP contribution in [0.15, 0.2) is 18.2 Å². The highest BCUT2D eigenvalue weighted by atomic mass is 35.5. The minimum atomic E-state index is 0.177. The fraction of sp³-hybridized carbons (Fsp3) is 0.647.